The minimum Gasteiger partial charge on any atom is -0.496 e. The number of ether oxygens (including phenoxy) is 3. The van der Waals surface area contributed by atoms with Gasteiger partial charge < -0.3 is 19.5 Å². The highest BCUT2D eigenvalue weighted by molar-refractivity contribution is 5.95. The number of non-ortho nitro benzene ring substituents is 1. The molecule has 1 aromatic carbocycles. The number of carbonyl (C=O) groups is 2. The van der Waals surface area contributed by atoms with Crippen molar-refractivity contribution >= 4 is 17.6 Å². The first-order chi connectivity index (χ1) is 10.9. The molecule has 0 saturated carbocycles. The third-order valence-electron chi connectivity index (χ3n) is 2.87. The smallest absolute Gasteiger partial charge is 0.342 e. The van der Waals surface area contributed by atoms with Gasteiger partial charge in [0.25, 0.3) is 11.6 Å². The largest absolute Gasteiger partial charge is 0.496 e. The van der Waals surface area contributed by atoms with Crippen LogP contribution in [0.25, 0.3) is 0 Å². The second kappa shape index (κ2) is 8.69. The summed E-state index contributed by atoms with van der Waals surface area (Å²) in [6.45, 7) is 1.99. The number of nitro benzene ring substituents is 1. The Bertz CT molecular complexity index is 588. The van der Waals surface area contributed by atoms with E-state index in [1.54, 1.807) is 0 Å². The molecule has 1 atom stereocenters. The van der Waals surface area contributed by atoms with Crippen molar-refractivity contribution in [3.8, 4) is 5.75 Å². The van der Waals surface area contributed by atoms with Crippen molar-refractivity contribution in [1.82, 2.24) is 5.32 Å². The third kappa shape index (κ3) is 5.22. The van der Waals surface area contributed by atoms with Crippen molar-refractivity contribution in [2.75, 3.05) is 27.4 Å². The van der Waals surface area contributed by atoms with Crippen molar-refractivity contribution in [3.05, 3.63) is 33.9 Å². The molecule has 23 heavy (non-hydrogen) atoms. The topological polar surface area (TPSA) is 117 Å². The number of nitrogens with one attached hydrogen (secondary N) is 1. The highest BCUT2D eigenvalue weighted by Gasteiger charge is 2.23. The minimum absolute atomic E-state index is 0.118. The standard InChI is InChI=1S/C14H18N2O7/c1-9(13(17)15-6-7-21-2)23-14(18)11-8-10(16(19)20)4-5-12(11)22-3/h4-5,8-9H,6-7H2,1-3H3,(H,15,17)/t9-/m0/s1. The van der Waals surface area contributed by atoms with Crippen molar-refractivity contribution < 1.29 is 28.7 Å². The lowest BCUT2D eigenvalue weighted by atomic mass is 10.1. The van der Waals surface area contributed by atoms with Gasteiger partial charge in [-0.1, -0.05) is 0 Å². The normalized spacial score (nSPS) is 11.4. The molecule has 0 saturated heterocycles. The quantitative estimate of drug-likeness (QED) is 0.326. The minimum atomic E-state index is -1.07. The maximum atomic E-state index is 12.1. The molecule has 126 valence electrons. The molecule has 0 radical (unpaired) electrons. The van der Waals surface area contributed by atoms with Crippen molar-refractivity contribution in [1.29, 1.82) is 0 Å². The Balaban J connectivity index is 2.82. The van der Waals surface area contributed by atoms with E-state index in [4.69, 9.17) is 14.2 Å². The molecule has 0 spiro atoms. The predicted octanol–water partition coefficient (Wildman–Crippen LogP) is 0.911. The molecule has 0 aliphatic carbocycles. The van der Waals surface area contributed by atoms with Gasteiger partial charge in [-0.2, -0.15) is 0 Å². The van der Waals surface area contributed by atoms with E-state index in [0.29, 0.717) is 6.61 Å². The summed E-state index contributed by atoms with van der Waals surface area (Å²) in [5.41, 5.74) is -0.409. The summed E-state index contributed by atoms with van der Waals surface area (Å²) in [5.74, 6) is -1.27. The van der Waals surface area contributed by atoms with Crippen LogP contribution in [0.15, 0.2) is 18.2 Å². The molecule has 0 unspecified atom stereocenters. The SMILES string of the molecule is COCCNC(=O)[C@H](C)OC(=O)c1cc([N+](=O)[O-])ccc1OC. The van der Waals surface area contributed by atoms with E-state index >= 15 is 0 Å². The van der Waals surface area contributed by atoms with Crippen LogP contribution in [0.2, 0.25) is 0 Å². The highest BCUT2D eigenvalue weighted by Crippen LogP contribution is 2.25. The average molecular weight is 326 g/mol. The van der Waals surface area contributed by atoms with Gasteiger partial charge >= 0.3 is 5.97 Å². The molecular formula is C14H18N2O7. The Morgan fingerprint density at radius 1 is 1.35 bits per heavy atom. The van der Waals surface area contributed by atoms with Crippen LogP contribution >= 0.6 is 0 Å². The third-order valence-corrected chi connectivity index (χ3v) is 2.87. The van der Waals surface area contributed by atoms with Gasteiger partial charge in [0.2, 0.25) is 0 Å². The zero-order chi connectivity index (χ0) is 17.4. The lowest BCUT2D eigenvalue weighted by Crippen LogP contribution is -2.37. The van der Waals surface area contributed by atoms with Crippen molar-refractivity contribution in [2.45, 2.75) is 13.0 Å². The van der Waals surface area contributed by atoms with E-state index in [1.807, 2.05) is 0 Å². The van der Waals surface area contributed by atoms with Crippen LogP contribution in [0, 0.1) is 10.1 Å². The number of rotatable bonds is 8. The molecule has 0 fully saturated rings. The average Bonchev–Trinajstić information content (AvgIpc) is 2.53. The van der Waals surface area contributed by atoms with Gasteiger partial charge in [-0.15, -0.1) is 0 Å². The number of hydrogen-bond acceptors (Lipinski definition) is 7. The summed E-state index contributed by atoms with van der Waals surface area (Å²) in [6, 6.07) is 3.53. The van der Waals surface area contributed by atoms with Gasteiger partial charge in [0.05, 0.1) is 18.6 Å². The first kappa shape index (κ1) is 18.4. The first-order valence-corrected chi connectivity index (χ1v) is 6.70. The molecule has 0 aromatic heterocycles. The summed E-state index contributed by atoms with van der Waals surface area (Å²) in [4.78, 5) is 34.0. The molecule has 1 rings (SSSR count). The maximum absolute atomic E-state index is 12.1. The fourth-order valence-corrected chi connectivity index (χ4v) is 1.67. The number of amides is 1. The van der Waals surface area contributed by atoms with E-state index < -0.39 is 22.9 Å². The van der Waals surface area contributed by atoms with Crippen LogP contribution in [0.4, 0.5) is 5.69 Å². The molecule has 1 N–H and O–H groups in total. The number of hydrogen-bond donors (Lipinski definition) is 1. The van der Waals surface area contributed by atoms with Gasteiger partial charge in [0, 0.05) is 25.8 Å². The Hall–Kier alpha value is -2.68. The summed E-state index contributed by atoms with van der Waals surface area (Å²) >= 11 is 0. The van der Waals surface area contributed by atoms with Gasteiger partial charge in [-0.05, 0) is 13.0 Å². The molecule has 1 amide bonds. The summed E-state index contributed by atoms with van der Waals surface area (Å²) in [6.07, 6.45) is -1.07. The van der Waals surface area contributed by atoms with Gasteiger partial charge in [0.15, 0.2) is 6.10 Å². The number of methoxy groups -OCH3 is 2. The molecule has 0 bridgehead atoms. The van der Waals surface area contributed by atoms with E-state index in [2.05, 4.69) is 5.32 Å². The lowest BCUT2D eigenvalue weighted by Gasteiger charge is -2.14. The molecule has 0 heterocycles. The van der Waals surface area contributed by atoms with Gasteiger partial charge in [0.1, 0.15) is 11.3 Å². The first-order valence-electron chi connectivity index (χ1n) is 6.70. The fourth-order valence-electron chi connectivity index (χ4n) is 1.67. The van der Waals surface area contributed by atoms with Crippen LogP contribution in [-0.4, -0.2) is 50.3 Å². The molecule has 0 aliphatic heterocycles. The monoisotopic (exact) mass is 326 g/mol. The number of benzene rings is 1. The molecule has 0 aliphatic rings. The zero-order valence-corrected chi connectivity index (χ0v) is 13.0. The Morgan fingerprint density at radius 2 is 2.04 bits per heavy atom. The number of esters is 1. The van der Waals surface area contributed by atoms with E-state index in [1.165, 1.54) is 33.3 Å². The lowest BCUT2D eigenvalue weighted by molar-refractivity contribution is -0.384. The molecule has 9 nitrogen and oxygen atoms in total. The Morgan fingerprint density at radius 3 is 2.61 bits per heavy atom. The van der Waals surface area contributed by atoms with E-state index in [0.717, 1.165) is 6.07 Å². The van der Waals surface area contributed by atoms with Gasteiger partial charge in [-0.3, -0.25) is 14.9 Å². The summed E-state index contributed by atoms with van der Waals surface area (Å²) in [5, 5.41) is 13.3. The van der Waals surface area contributed by atoms with Crippen LogP contribution in [0.1, 0.15) is 17.3 Å². The fraction of sp³-hybridized carbons (Fsp3) is 0.429. The number of nitro groups is 1. The second-order valence-electron chi connectivity index (χ2n) is 4.47. The highest BCUT2D eigenvalue weighted by atomic mass is 16.6. The van der Waals surface area contributed by atoms with E-state index in [9.17, 15) is 19.7 Å². The van der Waals surface area contributed by atoms with E-state index in [-0.39, 0.29) is 23.5 Å². The van der Waals surface area contributed by atoms with Crippen LogP contribution in [-0.2, 0) is 14.3 Å². The molecular weight excluding hydrogens is 308 g/mol. The second-order valence-corrected chi connectivity index (χ2v) is 4.47. The molecule has 1 aromatic rings. The summed E-state index contributed by atoms with van der Waals surface area (Å²) < 4.78 is 14.8. The zero-order valence-electron chi connectivity index (χ0n) is 13.0. The predicted molar refractivity (Wildman–Crippen MR) is 79.4 cm³/mol. The van der Waals surface area contributed by atoms with Crippen molar-refractivity contribution in [3.63, 3.8) is 0 Å². The molecule has 9 heteroatoms. The van der Waals surface area contributed by atoms with Crippen LogP contribution in [0.3, 0.4) is 0 Å². The van der Waals surface area contributed by atoms with Crippen LogP contribution in [0.5, 0.6) is 5.75 Å². The Kier molecular flexibility index (Phi) is 6.94. The van der Waals surface area contributed by atoms with Gasteiger partial charge in [-0.25, -0.2) is 4.79 Å². The van der Waals surface area contributed by atoms with Crippen molar-refractivity contribution in [2.24, 2.45) is 0 Å². The number of nitrogens with zero attached hydrogens (tertiary/aromatic N) is 1. The Labute approximate surface area is 132 Å². The maximum Gasteiger partial charge on any atom is 0.342 e. The van der Waals surface area contributed by atoms with Crippen LogP contribution < -0.4 is 10.1 Å². The number of carbonyl (C=O) groups excluding carboxylic acids is 2. The summed E-state index contributed by atoms with van der Waals surface area (Å²) in [7, 11) is 2.81.